The molecule has 1 saturated heterocycles. The number of benzene rings is 2. The maximum Gasteiger partial charge on any atom is 0.337 e. The van der Waals surface area contributed by atoms with Gasteiger partial charge in [0.25, 0.3) is 0 Å². The predicted octanol–water partition coefficient (Wildman–Crippen LogP) is 3.43. The molecule has 126 valence electrons. The Kier molecular flexibility index (Phi) is 3.80. The van der Waals surface area contributed by atoms with Gasteiger partial charge in [0.05, 0.1) is 23.7 Å². The van der Waals surface area contributed by atoms with Gasteiger partial charge in [-0.1, -0.05) is 0 Å². The molecule has 1 aliphatic rings. The lowest BCUT2D eigenvalue weighted by Crippen LogP contribution is -2.38. The fraction of sp³-hybridized carbons (Fsp3) is 0.211. The number of hydrogen-bond donors (Lipinski definition) is 0. The second-order valence-corrected chi connectivity index (χ2v) is 5.94. The Hall–Kier alpha value is -3.02. The zero-order valence-corrected chi connectivity index (χ0v) is 13.7. The zero-order chi connectivity index (χ0) is 17.4. The number of fused-ring (bicyclic) bond motifs is 1. The SMILES string of the molecule is COC(=O)c1ccc2nc(-c3ccc(F)cc3)c(N3CCC3)nc2c1. The van der Waals surface area contributed by atoms with Crippen LogP contribution in [0.3, 0.4) is 0 Å². The molecule has 2 heterocycles. The fourth-order valence-corrected chi connectivity index (χ4v) is 2.84. The van der Waals surface area contributed by atoms with Crippen LogP contribution >= 0.6 is 0 Å². The zero-order valence-electron chi connectivity index (χ0n) is 13.7. The molecule has 6 heteroatoms. The molecule has 0 unspecified atom stereocenters. The van der Waals surface area contributed by atoms with E-state index in [2.05, 4.69) is 4.90 Å². The molecule has 0 saturated carbocycles. The summed E-state index contributed by atoms with van der Waals surface area (Å²) in [6.07, 6.45) is 1.10. The van der Waals surface area contributed by atoms with Gasteiger partial charge in [0.15, 0.2) is 5.82 Å². The van der Waals surface area contributed by atoms with Crippen LogP contribution in [0.2, 0.25) is 0 Å². The normalized spacial score (nSPS) is 13.6. The topological polar surface area (TPSA) is 55.3 Å². The molecule has 0 N–H and O–H groups in total. The highest BCUT2D eigenvalue weighted by Gasteiger charge is 2.22. The lowest BCUT2D eigenvalue weighted by molar-refractivity contribution is 0.0601. The number of hydrogen-bond acceptors (Lipinski definition) is 5. The van der Waals surface area contributed by atoms with Gasteiger partial charge in [0.1, 0.15) is 11.5 Å². The molecule has 1 aliphatic heterocycles. The van der Waals surface area contributed by atoms with E-state index in [4.69, 9.17) is 14.7 Å². The monoisotopic (exact) mass is 337 g/mol. The third-order valence-corrected chi connectivity index (χ3v) is 4.34. The molecule has 4 rings (SSSR count). The van der Waals surface area contributed by atoms with Crippen LogP contribution < -0.4 is 4.90 Å². The van der Waals surface area contributed by atoms with Crippen molar-refractivity contribution in [2.45, 2.75) is 6.42 Å². The van der Waals surface area contributed by atoms with E-state index in [9.17, 15) is 9.18 Å². The van der Waals surface area contributed by atoms with Crippen molar-refractivity contribution >= 4 is 22.8 Å². The predicted molar refractivity (Wildman–Crippen MR) is 93.1 cm³/mol. The molecule has 0 amide bonds. The lowest BCUT2D eigenvalue weighted by Gasteiger charge is -2.33. The van der Waals surface area contributed by atoms with Gasteiger partial charge in [-0.15, -0.1) is 0 Å². The second-order valence-electron chi connectivity index (χ2n) is 5.94. The number of esters is 1. The highest BCUT2D eigenvalue weighted by Crippen LogP contribution is 2.32. The molecule has 25 heavy (non-hydrogen) atoms. The third kappa shape index (κ3) is 2.80. The Morgan fingerprint density at radius 3 is 2.48 bits per heavy atom. The number of halogens is 1. The van der Waals surface area contributed by atoms with Crippen LogP contribution in [0, 0.1) is 5.82 Å². The van der Waals surface area contributed by atoms with E-state index in [-0.39, 0.29) is 5.82 Å². The van der Waals surface area contributed by atoms with Crippen LogP contribution in [0.5, 0.6) is 0 Å². The average Bonchev–Trinajstić information content (AvgIpc) is 2.59. The summed E-state index contributed by atoms with van der Waals surface area (Å²) in [5, 5.41) is 0. The first kappa shape index (κ1) is 15.5. The number of rotatable bonds is 3. The number of ether oxygens (including phenoxy) is 1. The average molecular weight is 337 g/mol. The van der Waals surface area contributed by atoms with Crippen molar-refractivity contribution in [2.75, 3.05) is 25.1 Å². The summed E-state index contributed by atoms with van der Waals surface area (Å²) >= 11 is 0. The van der Waals surface area contributed by atoms with Gasteiger partial charge in [-0.05, 0) is 48.9 Å². The molecular weight excluding hydrogens is 321 g/mol. The Labute approximate surface area is 144 Å². The van der Waals surface area contributed by atoms with Crippen LogP contribution in [-0.2, 0) is 4.74 Å². The number of carbonyl (C=O) groups excluding carboxylic acids is 1. The van der Waals surface area contributed by atoms with E-state index in [0.717, 1.165) is 36.6 Å². The first-order chi connectivity index (χ1) is 12.2. The number of nitrogens with zero attached hydrogens (tertiary/aromatic N) is 3. The summed E-state index contributed by atoms with van der Waals surface area (Å²) in [5.74, 6) is 0.0647. The molecule has 1 fully saturated rings. The van der Waals surface area contributed by atoms with E-state index >= 15 is 0 Å². The molecule has 0 aliphatic carbocycles. The molecule has 0 radical (unpaired) electrons. The molecule has 0 atom stereocenters. The second kappa shape index (κ2) is 6.12. The Balaban J connectivity index is 1.89. The summed E-state index contributed by atoms with van der Waals surface area (Å²) in [7, 11) is 1.35. The van der Waals surface area contributed by atoms with E-state index in [1.807, 2.05) is 0 Å². The van der Waals surface area contributed by atoms with Crippen molar-refractivity contribution in [3.63, 3.8) is 0 Å². The minimum absolute atomic E-state index is 0.286. The van der Waals surface area contributed by atoms with E-state index in [1.54, 1.807) is 30.3 Å². The Morgan fingerprint density at radius 1 is 1.08 bits per heavy atom. The van der Waals surface area contributed by atoms with E-state index in [1.165, 1.54) is 19.2 Å². The highest BCUT2D eigenvalue weighted by atomic mass is 19.1. The van der Waals surface area contributed by atoms with Crippen molar-refractivity contribution in [3.8, 4) is 11.3 Å². The van der Waals surface area contributed by atoms with Crippen molar-refractivity contribution in [1.29, 1.82) is 0 Å². The van der Waals surface area contributed by atoms with Crippen LogP contribution in [-0.4, -0.2) is 36.1 Å². The van der Waals surface area contributed by atoms with Crippen molar-refractivity contribution < 1.29 is 13.9 Å². The van der Waals surface area contributed by atoms with Gasteiger partial charge < -0.3 is 9.64 Å². The summed E-state index contributed by atoms with van der Waals surface area (Å²) in [4.78, 5) is 23.3. The number of methoxy groups -OCH3 is 1. The fourth-order valence-electron chi connectivity index (χ4n) is 2.84. The molecule has 5 nitrogen and oxygen atoms in total. The van der Waals surface area contributed by atoms with E-state index in [0.29, 0.717) is 16.6 Å². The molecule has 0 spiro atoms. The Morgan fingerprint density at radius 2 is 1.84 bits per heavy atom. The third-order valence-electron chi connectivity index (χ3n) is 4.34. The van der Waals surface area contributed by atoms with Gasteiger partial charge in [0, 0.05) is 18.7 Å². The van der Waals surface area contributed by atoms with Gasteiger partial charge in [-0.2, -0.15) is 0 Å². The smallest absolute Gasteiger partial charge is 0.337 e. The molecule has 1 aromatic heterocycles. The van der Waals surface area contributed by atoms with Crippen molar-refractivity contribution in [2.24, 2.45) is 0 Å². The number of anilines is 1. The molecule has 2 aromatic carbocycles. The van der Waals surface area contributed by atoms with Crippen LogP contribution in [0.15, 0.2) is 42.5 Å². The van der Waals surface area contributed by atoms with Crippen LogP contribution in [0.25, 0.3) is 22.3 Å². The first-order valence-corrected chi connectivity index (χ1v) is 8.07. The van der Waals surface area contributed by atoms with Crippen LogP contribution in [0.1, 0.15) is 16.8 Å². The standard InChI is InChI=1S/C19H16FN3O2/c1-25-19(24)13-5-8-15-16(11-13)22-18(23-9-2-10-23)17(21-15)12-3-6-14(20)7-4-12/h3-8,11H,2,9-10H2,1H3. The summed E-state index contributed by atoms with van der Waals surface area (Å²) in [5.41, 5.74) is 3.29. The maximum absolute atomic E-state index is 13.3. The van der Waals surface area contributed by atoms with Crippen molar-refractivity contribution in [3.05, 3.63) is 53.8 Å². The molecule has 3 aromatic rings. The Bertz CT molecular complexity index is 953. The summed E-state index contributed by atoms with van der Waals surface area (Å²) < 4.78 is 18.0. The minimum Gasteiger partial charge on any atom is -0.465 e. The first-order valence-electron chi connectivity index (χ1n) is 8.07. The number of carbonyl (C=O) groups is 1. The summed E-state index contributed by atoms with van der Waals surface area (Å²) in [6.45, 7) is 1.82. The van der Waals surface area contributed by atoms with Crippen LogP contribution in [0.4, 0.5) is 10.2 Å². The maximum atomic E-state index is 13.3. The summed E-state index contributed by atoms with van der Waals surface area (Å²) in [6, 6.07) is 11.4. The quantitative estimate of drug-likeness (QED) is 0.685. The largest absolute Gasteiger partial charge is 0.465 e. The van der Waals surface area contributed by atoms with Gasteiger partial charge >= 0.3 is 5.97 Å². The van der Waals surface area contributed by atoms with Gasteiger partial charge in [-0.25, -0.2) is 19.2 Å². The minimum atomic E-state index is -0.406. The van der Waals surface area contributed by atoms with Crippen molar-refractivity contribution in [1.82, 2.24) is 9.97 Å². The van der Waals surface area contributed by atoms with Gasteiger partial charge in [-0.3, -0.25) is 0 Å². The molecular formula is C19H16FN3O2. The van der Waals surface area contributed by atoms with E-state index < -0.39 is 5.97 Å². The van der Waals surface area contributed by atoms with Gasteiger partial charge in [0.2, 0.25) is 0 Å². The highest BCUT2D eigenvalue weighted by molar-refractivity contribution is 5.94. The number of aromatic nitrogens is 2. The lowest BCUT2D eigenvalue weighted by atomic mass is 10.1. The molecule has 0 bridgehead atoms.